The van der Waals surface area contributed by atoms with Crippen LogP contribution in [-0.2, 0) is 4.79 Å². The number of carbonyl (C=O) groups is 1. The van der Waals surface area contributed by atoms with Crippen molar-refractivity contribution in [2.75, 3.05) is 0 Å². The lowest BCUT2D eigenvalue weighted by Crippen LogP contribution is -2.04. The first-order valence-electron chi connectivity index (χ1n) is 5.41. The zero-order valence-corrected chi connectivity index (χ0v) is 11.3. The number of rotatable bonds is 3. The lowest BCUT2D eigenvalue weighted by atomic mass is 10.2. The van der Waals surface area contributed by atoms with Crippen LogP contribution in [0.2, 0.25) is 0 Å². The number of carbonyl (C=O) groups excluding carboxylic acids is 1. The molecule has 0 N–H and O–H groups in total. The van der Waals surface area contributed by atoms with Crippen LogP contribution in [0.1, 0.15) is 5.56 Å². The second-order valence-electron chi connectivity index (χ2n) is 3.60. The van der Waals surface area contributed by atoms with Crippen LogP contribution >= 0.6 is 15.9 Å². The van der Waals surface area contributed by atoms with Gasteiger partial charge in [-0.25, -0.2) is 14.2 Å². The molecule has 1 heterocycles. The van der Waals surface area contributed by atoms with Crippen LogP contribution in [0.5, 0.6) is 5.75 Å². The third-order valence-electron chi connectivity index (χ3n) is 2.22. The van der Waals surface area contributed by atoms with Crippen molar-refractivity contribution in [2.24, 2.45) is 0 Å². The quantitative estimate of drug-likeness (QED) is 0.492. The second-order valence-corrected chi connectivity index (χ2v) is 4.35. The Morgan fingerprint density at radius 2 is 2.00 bits per heavy atom. The molecule has 96 valence electrons. The Labute approximate surface area is 117 Å². The van der Waals surface area contributed by atoms with Gasteiger partial charge in [-0.1, -0.05) is 12.1 Å². The molecule has 0 aliphatic heterocycles. The first-order chi connectivity index (χ1) is 9.15. The van der Waals surface area contributed by atoms with Crippen molar-refractivity contribution >= 4 is 28.0 Å². The van der Waals surface area contributed by atoms with Gasteiger partial charge < -0.3 is 4.74 Å². The van der Waals surface area contributed by atoms with Gasteiger partial charge >= 0.3 is 5.97 Å². The van der Waals surface area contributed by atoms with E-state index < -0.39 is 5.97 Å². The highest BCUT2D eigenvalue weighted by Gasteiger charge is 2.04. The number of pyridine rings is 1. The van der Waals surface area contributed by atoms with Crippen molar-refractivity contribution in [3.05, 3.63) is 64.7 Å². The summed E-state index contributed by atoms with van der Waals surface area (Å²) in [5, 5.41) is 0. The second kappa shape index (κ2) is 6.24. The largest absolute Gasteiger partial charge is 0.420 e. The molecule has 0 bridgehead atoms. The van der Waals surface area contributed by atoms with Gasteiger partial charge in [-0.05, 0) is 51.8 Å². The molecule has 0 amide bonds. The molecule has 5 heteroatoms. The Hall–Kier alpha value is -2.01. The Morgan fingerprint density at radius 1 is 1.26 bits per heavy atom. The van der Waals surface area contributed by atoms with Gasteiger partial charge in [0.2, 0.25) is 0 Å². The fourth-order valence-electron chi connectivity index (χ4n) is 1.33. The van der Waals surface area contributed by atoms with E-state index in [9.17, 15) is 9.18 Å². The molecule has 2 aromatic rings. The molecule has 0 atom stereocenters. The lowest BCUT2D eigenvalue weighted by molar-refractivity contribution is -0.128. The predicted molar refractivity (Wildman–Crippen MR) is 73.0 cm³/mol. The van der Waals surface area contributed by atoms with Crippen LogP contribution in [0.25, 0.3) is 6.08 Å². The van der Waals surface area contributed by atoms with E-state index in [1.807, 2.05) is 0 Å². The molecule has 0 saturated carbocycles. The molecule has 0 saturated heterocycles. The first kappa shape index (κ1) is 13.4. The van der Waals surface area contributed by atoms with E-state index >= 15 is 0 Å². The highest BCUT2D eigenvalue weighted by atomic mass is 79.9. The van der Waals surface area contributed by atoms with Crippen molar-refractivity contribution < 1.29 is 13.9 Å². The van der Waals surface area contributed by atoms with Gasteiger partial charge in [-0.15, -0.1) is 0 Å². The average molecular weight is 322 g/mol. The van der Waals surface area contributed by atoms with E-state index in [4.69, 9.17) is 4.74 Å². The molecule has 19 heavy (non-hydrogen) atoms. The van der Waals surface area contributed by atoms with E-state index in [0.29, 0.717) is 15.9 Å². The molecule has 0 aliphatic carbocycles. The molecule has 1 aromatic heterocycles. The third-order valence-corrected chi connectivity index (χ3v) is 2.81. The molecular formula is C14H9BrFNO2. The molecule has 0 aliphatic rings. The number of hydrogen-bond acceptors (Lipinski definition) is 3. The summed E-state index contributed by atoms with van der Waals surface area (Å²) in [5.74, 6) is -0.506. The summed E-state index contributed by atoms with van der Waals surface area (Å²) in [4.78, 5) is 15.5. The maximum absolute atomic E-state index is 12.7. The molecule has 0 fully saturated rings. The van der Waals surface area contributed by atoms with E-state index in [1.165, 1.54) is 18.2 Å². The number of hydrogen-bond donors (Lipinski definition) is 0. The van der Waals surface area contributed by atoms with Crippen molar-refractivity contribution in [3.63, 3.8) is 0 Å². The Morgan fingerprint density at radius 3 is 2.68 bits per heavy atom. The monoisotopic (exact) mass is 321 g/mol. The fourth-order valence-corrected chi connectivity index (χ4v) is 1.66. The SMILES string of the molecule is O=C(/C=C/c1ccc(F)cc1)Oc1cccnc1Br. The minimum Gasteiger partial charge on any atom is -0.420 e. The average Bonchev–Trinajstić information content (AvgIpc) is 2.41. The molecule has 0 unspecified atom stereocenters. The summed E-state index contributed by atoms with van der Waals surface area (Å²) in [6.45, 7) is 0. The van der Waals surface area contributed by atoms with Crippen LogP contribution in [0.4, 0.5) is 4.39 Å². The predicted octanol–water partition coefficient (Wildman–Crippen LogP) is 3.60. The maximum Gasteiger partial charge on any atom is 0.336 e. The number of ether oxygens (including phenoxy) is 1. The maximum atomic E-state index is 12.7. The van der Waals surface area contributed by atoms with Crippen molar-refractivity contribution in [1.29, 1.82) is 0 Å². The van der Waals surface area contributed by atoms with Gasteiger partial charge in [0.1, 0.15) is 10.4 Å². The number of nitrogens with zero attached hydrogens (tertiary/aromatic N) is 1. The highest BCUT2D eigenvalue weighted by molar-refractivity contribution is 9.10. The van der Waals surface area contributed by atoms with Crippen molar-refractivity contribution in [2.45, 2.75) is 0 Å². The Balaban J connectivity index is 2.02. The minimum atomic E-state index is -0.530. The van der Waals surface area contributed by atoms with Gasteiger partial charge in [-0.3, -0.25) is 0 Å². The minimum absolute atomic E-state index is 0.320. The van der Waals surface area contributed by atoms with Gasteiger partial charge in [0.05, 0.1) is 0 Å². The van der Waals surface area contributed by atoms with Crippen LogP contribution < -0.4 is 4.74 Å². The number of aromatic nitrogens is 1. The standard InChI is InChI=1S/C14H9BrFNO2/c15-14-12(2-1-9-17-14)19-13(18)8-5-10-3-6-11(16)7-4-10/h1-9H/b8-5+. The smallest absolute Gasteiger partial charge is 0.336 e. The molecule has 0 radical (unpaired) electrons. The number of halogens is 2. The lowest BCUT2D eigenvalue weighted by Gasteiger charge is -2.02. The Kier molecular flexibility index (Phi) is 4.41. The Bertz CT molecular complexity index is 611. The van der Waals surface area contributed by atoms with Crippen LogP contribution in [0.15, 0.2) is 53.3 Å². The molecular weight excluding hydrogens is 313 g/mol. The molecule has 2 rings (SSSR count). The first-order valence-corrected chi connectivity index (χ1v) is 6.20. The summed E-state index contributed by atoms with van der Waals surface area (Å²) in [6, 6.07) is 9.07. The summed E-state index contributed by atoms with van der Waals surface area (Å²) in [7, 11) is 0. The van der Waals surface area contributed by atoms with E-state index in [0.717, 1.165) is 0 Å². The topological polar surface area (TPSA) is 39.2 Å². The normalized spacial score (nSPS) is 10.6. The zero-order valence-electron chi connectivity index (χ0n) is 9.72. The number of esters is 1. The van der Waals surface area contributed by atoms with Gasteiger partial charge in [0, 0.05) is 12.3 Å². The summed E-state index contributed by atoms with van der Waals surface area (Å²) in [5.41, 5.74) is 0.712. The van der Waals surface area contributed by atoms with Gasteiger partial charge in [0.25, 0.3) is 0 Å². The van der Waals surface area contributed by atoms with Crippen LogP contribution in [0, 0.1) is 5.82 Å². The fraction of sp³-hybridized carbons (Fsp3) is 0. The van der Waals surface area contributed by atoms with E-state index in [2.05, 4.69) is 20.9 Å². The molecule has 3 nitrogen and oxygen atoms in total. The molecule has 1 aromatic carbocycles. The van der Waals surface area contributed by atoms with Crippen molar-refractivity contribution in [1.82, 2.24) is 4.98 Å². The highest BCUT2D eigenvalue weighted by Crippen LogP contribution is 2.21. The van der Waals surface area contributed by atoms with E-state index in [1.54, 1.807) is 36.5 Å². The summed E-state index contributed by atoms with van der Waals surface area (Å²) >= 11 is 3.17. The van der Waals surface area contributed by atoms with Crippen LogP contribution in [0.3, 0.4) is 0 Å². The summed E-state index contributed by atoms with van der Waals surface area (Å²) in [6.07, 6.45) is 4.40. The molecule has 0 spiro atoms. The van der Waals surface area contributed by atoms with Gasteiger partial charge in [-0.2, -0.15) is 0 Å². The summed E-state index contributed by atoms with van der Waals surface area (Å²) < 4.78 is 18.2. The van der Waals surface area contributed by atoms with Gasteiger partial charge in [0.15, 0.2) is 5.75 Å². The van der Waals surface area contributed by atoms with E-state index in [-0.39, 0.29) is 5.82 Å². The third kappa shape index (κ3) is 3.99. The van der Waals surface area contributed by atoms with Crippen molar-refractivity contribution in [3.8, 4) is 5.75 Å². The number of benzene rings is 1. The zero-order chi connectivity index (χ0) is 13.7. The van der Waals surface area contributed by atoms with Crippen LogP contribution in [-0.4, -0.2) is 11.0 Å².